The number of nitrogens with zero attached hydrogens (tertiary/aromatic N) is 2. The highest BCUT2D eigenvalue weighted by Gasteiger charge is 2.47. The Hall–Kier alpha value is 1.09. The van der Waals surface area contributed by atoms with Crippen LogP contribution in [0, 0.1) is 0 Å². The number of halogens is 6. The number of thiocarbonyl (C=S) groups is 1. The fourth-order valence-corrected chi connectivity index (χ4v) is 3.10. The molecule has 0 bridgehead atoms. The second-order valence-electron chi connectivity index (χ2n) is 2.55. The van der Waals surface area contributed by atoms with Crippen LogP contribution in [0.4, 0.5) is 4.39 Å². The molecular weight excluding hydrogens is 364 g/mol. The summed E-state index contributed by atoms with van der Waals surface area (Å²) in [5.74, 6) is -0.588. The van der Waals surface area contributed by atoms with Gasteiger partial charge in [0.1, 0.15) is 6.54 Å². The summed E-state index contributed by atoms with van der Waals surface area (Å²) in [5.41, 5.74) is 0. The maximum absolute atomic E-state index is 12.9. The predicted molar refractivity (Wildman–Crippen MR) is 69.6 cm³/mol. The first-order valence-corrected chi connectivity index (χ1v) is 6.56. The summed E-state index contributed by atoms with van der Waals surface area (Å²) in [6.45, 7) is -0.275. The molecule has 0 aliphatic carbocycles. The summed E-state index contributed by atoms with van der Waals surface area (Å²) in [6.07, 6.45) is 0. The zero-order valence-corrected chi connectivity index (χ0v) is 12.5. The highest BCUT2D eigenvalue weighted by Crippen LogP contribution is 2.43. The van der Waals surface area contributed by atoms with Crippen LogP contribution in [0.5, 0.6) is 0 Å². The third-order valence-corrected chi connectivity index (χ3v) is 3.57. The lowest BCUT2D eigenvalue weighted by atomic mass is 10.6. The second-order valence-corrected chi connectivity index (χ2v) is 8.01. The summed E-state index contributed by atoms with van der Waals surface area (Å²) >= 11 is 31.9. The Morgan fingerprint density at radius 1 is 1.31 bits per heavy atom. The maximum Gasteiger partial charge on any atom is 0.323 e. The van der Waals surface area contributed by atoms with Crippen LogP contribution in [-0.2, 0) is 4.79 Å². The van der Waals surface area contributed by atoms with Crippen LogP contribution in [0.1, 0.15) is 0 Å². The number of hydrogen-bond donors (Lipinski definition) is 0. The van der Waals surface area contributed by atoms with Crippen molar-refractivity contribution in [1.82, 2.24) is 9.21 Å². The maximum atomic E-state index is 12.9. The van der Waals surface area contributed by atoms with Gasteiger partial charge in [-0.15, -0.1) is 0 Å². The van der Waals surface area contributed by atoms with Crippen molar-refractivity contribution in [3.63, 3.8) is 0 Å². The van der Waals surface area contributed by atoms with Crippen LogP contribution in [0.3, 0.4) is 0 Å². The van der Waals surface area contributed by atoms with Gasteiger partial charge < -0.3 is 0 Å². The van der Waals surface area contributed by atoms with Crippen molar-refractivity contribution in [3.05, 3.63) is 0 Å². The van der Waals surface area contributed by atoms with E-state index in [-0.39, 0.29) is 11.7 Å². The van der Waals surface area contributed by atoms with Crippen molar-refractivity contribution in [2.75, 3.05) is 6.54 Å². The van der Waals surface area contributed by atoms with Gasteiger partial charge in [-0.3, -0.25) is 9.10 Å². The zero-order valence-electron chi connectivity index (χ0n) is 7.09. The standard InChI is InChI=1S/C5H2Cl5FN2OS2/c6-4(7,8)13-2(14)1-12(3(13)15)16-5(9,10)11/h1H2. The van der Waals surface area contributed by atoms with Crippen LogP contribution in [-0.4, -0.2) is 34.6 Å². The molecule has 0 atom stereocenters. The number of amides is 1. The molecule has 1 aliphatic heterocycles. The van der Waals surface area contributed by atoms with Crippen molar-refractivity contribution >= 4 is 93.2 Å². The van der Waals surface area contributed by atoms with E-state index in [9.17, 15) is 9.18 Å². The number of alkyl halides is 6. The number of carbonyl (C=O) groups excluding carboxylic acids is 1. The first-order valence-electron chi connectivity index (χ1n) is 3.49. The van der Waals surface area contributed by atoms with Gasteiger partial charge in [-0.25, -0.2) is 4.90 Å². The van der Waals surface area contributed by atoms with E-state index in [0.717, 1.165) is 9.21 Å². The SMILES string of the molecule is O=C1CN(SC(F)(Cl)Cl)C(=S)N1C(Cl)(Cl)Cl. The van der Waals surface area contributed by atoms with E-state index < -0.39 is 13.7 Å². The molecule has 3 nitrogen and oxygen atoms in total. The molecule has 1 fully saturated rings. The van der Waals surface area contributed by atoms with Gasteiger partial charge in [0.05, 0.1) is 0 Å². The first-order chi connectivity index (χ1) is 7.02. The van der Waals surface area contributed by atoms with Crippen LogP contribution < -0.4 is 0 Å². The van der Waals surface area contributed by atoms with Gasteiger partial charge in [0.2, 0.25) is 0 Å². The summed E-state index contributed by atoms with van der Waals surface area (Å²) in [5, 5.41) is -0.168. The summed E-state index contributed by atoms with van der Waals surface area (Å²) < 4.78 is 9.31. The molecule has 11 heteroatoms. The minimum absolute atomic E-state index is 0.168. The van der Waals surface area contributed by atoms with Crippen LogP contribution in [0.15, 0.2) is 0 Å². The lowest BCUT2D eigenvalue weighted by Crippen LogP contribution is -2.40. The molecule has 1 amide bonds. The molecule has 0 unspecified atom stereocenters. The third-order valence-electron chi connectivity index (χ3n) is 1.40. The van der Waals surface area contributed by atoms with Gasteiger partial charge in [0, 0.05) is 11.9 Å². The molecule has 1 rings (SSSR count). The molecule has 0 N–H and O–H groups in total. The number of carbonyl (C=O) groups is 1. The monoisotopic (exact) mass is 364 g/mol. The summed E-state index contributed by atoms with van der Waals surface area (Å²) in [7, 11) is 0. The van der Waals surface area contributed by atoms with E-state index in [2.05, 4.69) is 0 Å². The molecule has 0 saturated carbocycles. The molecule has 1 heterocycles. The Morgan fingerprint density at radius 2 is 1.81 bits per heavy atom. The molecule has 0 aromatic rings. The molecule has 16 heavy (non-hydrogen) atoms. The Labute approximate surface area is 125 Å². The van der Waals surface area contributed by atoms with Gasteiger partial charge in [0.25, 0.3) is 9.82 Å². The van der Waals surface area contributed by atoms with Crippen molar-refractivity contribution in [3.8, 4) is 0 Å². The summed E-state index contributed by atoms with van der Waals surface area (Å²) in [4.78, 5) is 12.2. The fraction of sp³-hybridized carbons (Fsp3) is 0.600. The van der Waals surface area contributed by atoms with Gasteiger partial charge in [0.15, 0.2) is 5.11 Å². The van der Waals surface area contributed by atoms with Crippen molar-refractivity contribution < 1.29 is 9.18 Å². The van der Waals surface area contributed by atoms with Gasteiger partial charge >= 0.3 is 3.92 Å². The largest absolute Gasteiger partial charge is 0.323 e. The number of rotatable bonds is 2. The van der Waals surface area contributed by atoms with Crippen molar-refractivity contribution in [1.29, 1.82) is 0 Å². The molecule has 0 aromatic carbocycles. The fourth-order valence-electron chi connectivity index (χ4n) is 0.926. The molecule has 0 spiro atoms. The predicted octanol–water partition coefficient (Wildman–Crippen LogP) is 3.45. The summed E-state index contributed by atoms with van der Waals surface area (Å²) in [6, 6.07) is 0. The molecule has 1 saturated heterocycles. The van der Waals surface area contributed by atoms with Crippen LogP contribution >= 0.6 is 82.2 Å². The zero-order chi connectivity index (χ0) is 12.7. The second kappa shape index (κ2) is 4.99. The Morgan fingerprint density at radius 3 is 2.12 bits per heavy atom. The number of hydrogen-bond acceptors (Lipinski definition) is 3. The van der Waals surface area contributed by atoms with E-state index in [4.69, 9.17) is 70.2 Å². The molecule has 1 aliphatic rings. The molecule has 0 aromatic heterocycles. The quantitative estimate of drug-likeness (QED) is 0.323. The minimum atomic E-state index is -2.62. The van der Waals surface area contributed by atoms with Crippen molar-refractivity contribution in [2.45, 2.75) is 7.84 Å². The highest BCUT2D eigenvalue weighted by molar-refractivity contribution is 8.02. The van der Waals surface area contributed by atoms with E-state index >= 15 is 0 Å². The lowest BCUT2D eigenvalue weighted by Gasteiger charge is -2.25. The van der Waals surface area contributed by atoms with E-state index in [1.54, 1.807) is 0 Å². The van der Waals surface area contributed by atoms with Crippen LogP contribution in [0.2, 0.25) is 0 Å². The Bertz CT molecular complexity index is 330. The minimum Gasteiger partial charge on any atom is -0.278 e. The highest BCUT2D eigenvalue weighted by atomic mass is 35.6. The molecule has 0 radical (unpaired) electrons. The lowest BCUT2D eigenvalue weighted by molar-refractivity contribution is -0.125. The van der Waals surface area contributed by atoms with Gasteiger partial charge in [-0.2, -0.15) is 4.39 Å². The van der Waals surface area contributed by atoms with Gasteiger partial charge in [-0.05, 0) is 12.2 Å². The Balaban J connectivity index is 2.83. The average Bonchev–Trinajstić information content (AvgIpc) is 2.21. The van der Waals surface area contributed by atoms with E-state index in [1.165, 1.54) is 0 Å². The van der Waals surface area contributed by atoms with Gasteiger partial charge in [-0.1, -0.05) is 58.0 Å². The van der Waals surface area contributed by atoms with E-state index in [1.807, 2.05) is 0 Å². The third kappa shape index (κ3) is 3.80. The topological polar surface area (TPSA) is 23.6 Å². The average molecular weight is 366 g/mol. The smallest absolute Gasteiger partial charge is 0.278 e. The molecule has 92 valence electrons. The first kappa shape index (κ1) is 15.1. The normalized spacial score (nSPS) is 18.6. The molecular formula is C5H2Cl5FN2OS2. The van der Waals surface area contributed by atoms with E-state index in [0.29, 0.717) is 11.9 Å². The Kier molecular flexibility index (Phi) is 4.73. The van der Waals surface area contributed by atoms with Crippen LogP contribution in [0.25, 0.3) is 0 Å². The van der Waals surface area contributed by atoms with Crippen molar-refractivity contribution in [2.24, 2.45) is 0 Å².